The number of benzene rings is 6. The minimum Gasteiger partial charge on any atom is -0.510 e. The number of fused-ring (bicyclic) bond motifs is 7. The number of ether oxygens (including phenoxy) is 1. The first-order valence-electron chi connectivity index (χ1n) is 17.4. The predicted octanol–water partition coefficient (Wildman–Crippen LogP) is 10.8. The third-order valence-corrected chi connectivity index (χ3v) is 9.79. The van der Waals surface area contributed by atoms with Crippen molar-refractivity contribution in [1.29, 1.82) is 0 Å². The number of imidazole rings is 1. The molecular weight excluding hydrogens is 836 g/mol. The Morgan fingerprint density at radius 1 is 0.660 bits per heavy atom. The number of rotatable bonds is 5. The Hall–Kier alpha value is -5.97. The molecule has 0 aliphatic heterocycles. The Morgan fingerprint density at radius 3 is 2.28 bits per heavy atom. The van der Waals surface area contributed by atoms with Crippen LogP contribution in [0.3, 0.4) is 0 Å². The van der Waals surface area contributed by atoms with Gasteiger partial charge in [0.05, 0.1) is 16.7 Å². The van der Waals surface area contributed by atoms with E-state index in [9.17, 15) is 0 Å². The van der Waals surface area contributed by atoms with Crippen molar-refractivity contribution in [3.63, 3.8) is 0 Å². The number of hydrogen-bond acceptors (Lipinski definition) is 3. The van der Waals surface area contributed by atoms with Crippen molar-refractivity contribution < 1.29 is 34.8 Å². The molecule has 0 aliphatic carbocycles. The van der Waals surface area contributed by atoms with Crippen molar-refractivity contribution in [2.75, 3.05) is 0 Å². The van der Waals surface area contributed by atoms with Gasteiger partial charge in [0.15, 0.2) is 0 Å². The summed E-state index contributed by atoms with van der Waals surface area (Å²) in [5.41, 5.74) is 8.72. The molecule has 6 nitrogen and oxygen atoms in total. The summed E-state index contributed by atoms with van der Waals surface area (Å²) in [4.78, 5) is 4.81. The summed E-state index contributed by atoms with van der Waals surface area (Å²) >= 11 is 0. The van der Waals surface area contributed by atoms with E-state index in [1.54, 1.807) is 0 Å². The van der Waals surface area contributed by atoms with Crippen LogP contribution < -0.4 is 9.30 Å². The Labute approximate surface area is 320 Å². The van der Waals surface area contributed by atoms with E-state index < -0.39 is 0 Å². The Balaban J connectivity index is 0.00000372. The molecule has 0 aliphatic rings. The average Bonchev–Trinajstić information content (AvgIpc) is 3.84. The van der Waals surface area contributed by atoms with Crippen LogP contribution >= 0.6 is 0 Å². The first-order valence-corrected chi connectivity index (χ1v) is 17.4. The summed E-state index contributed by atoms with van der Waals surface area (Å²) in [5, 5.41) is 4.38. The number of nitrogens with zero attached hydrogens (tertiary/aromatic N) is 4. The largest absolute Gasteiger partial charge is 0.510 e. The molecule has 0 spiro atoms. The molecule has 10 rings (SSSR count). The van der Waals surface area contributed by atoms with Crippen LogP contribution in [0.15, 0.2) is 144 Å². The van der Waals surface area contributed by atoms with Gasteiger partial charge in [-0.3, -0.25) is 4.57 Å². The maximum absolute atomic E-state index is 6.51. The number of pyridine rings is 1. The summed E-state index contributed by atoms with van der Waals surface area (Å²) < 4.78 is 18.9. The molecule has 10 aromatic rings. The fraction of sp³-hybridized carbons (Fsp3) is 0.0870. The third kappa shape index (κ3) is 5.53. The van der Waals surface area contributed by atoms with Crippen molar-refractivity contribution in [1.82, 2.24) is 14.1 Å². The molecule has 7 heteroatoms. The third-order valence-electron chi connectivity index (χ3n) is 9.79. The molecule has 4 heterocycles. The van der Waals surface area contributed by atoms with Gasteiger partial charge in [-0.25, -0.2) is 4.98 Å². The quantitative estimate of drug-likeness (QED) is 0.128. The van der Waals surface area contributed by atoms with Crippen molar-refractivity contribution in [3.05, 3.63) is 164 Å². The molecule has 0 bridgehead atoms. The van der Waals surface area contributed by atoms with Gasteiger partial charge in [-0.15, -0.1) is 29.7 Å². The van der Waals surface area contributed by atoms with E-state index in [0.29, 0.717) is 11.5 Å². The van der Waals surface area contributed by atoms with Gasteiger partial charge in [-0.2, -0.15) is 18.2 Å². The van der Waals surface area contributed by atoms with Crippen molar-refractivity contribution in [2.45, 2.75) is 26.2 Å². The molecule has 0 amide bonds. The van der Waals surface area contributed by atoms with Crippen molar-refractivity contribution in [3.8, 4) is 28.7 Å². The molecular formula is C46H32N4O2Pt-2. The minimum atomic E-state index is -0.0146. The number of hydrogen-bond donors (Lipinski definition) is 0. The van der Waals surface area contributed by atoms with Crippen LogP contribution in [0.2, 0.25) is 0 Å². The van der Waals surface area contributed by atoms with Crippen LogP contribution in [0, 0.1) is 18.5 Å². The zero-order valence-electron chi connectivity index (χ0n) is 29.2. The topological polar surface area (TPSA) is 49.0 Å². The molecule has 0 atom stereocenters. The fourth-order valence-electron chi connectivity index (χ4n) is 7.21. The summed E-state index contributed by atoms with van der Waals surface area (Å²) in [6.07, 6.45) is 5.49. The van der Waals surface area contributed by atoms with E-state index in [-0.39, 0.29) is 26.5 Å². The van der Waals surface area contributed by atoms with Gasteiger partial charge in [0.2, 0.25) is 0 Å². The molecule has 260 valence electrons. The van der Waals surface area contributed by atoms with Gasteiger partial charge in [0, 0.05) is 55.1 Å². The van der Waals surface area contributed by atoms with Gasteiger partial charge in [-0.05, 0) is 64.5 Å². The first kappa shape index (κ1) is 32.9. The van der Waals surface area contributed by atoms with Crippen LogP contribution in [0.25, 0.3) is 72.0 Å². The maximum Gasteiger partial charge on any atom is 0.268 e. The SMILES string of the molecule is CC(C)(C)c1ccnc(-n2c3[c-]c(Oc4[c-]c(-n5[c-][n+](-c6ccc7oc8ccccc8c7c6)c6ccccc65)ccc4)ccc3c3ccccc32)c1.[Pt]. The Morgan fingerprint density at radius 2 is 1.42 bits per heavy atom. The van der Waals surface area contributed by atoms with E-state index in [2.05, 4.69) is 121 Å². The van der Waals surface area contributed by atoms with Gasteiger partial charge >= 0.3 is 0 Å². The van der Waals surface area contributed by atoms with Crippen LogP contribution in [-0.2, 0) is 26.5 Å². The van der Waals surface area contributed by atoms with Crippen molar-refractivity contribution in [2.24, 2.45) is 0 Å². The predicted molar refractivity (Wildman–Crippen MR) is 206 cm³/mol. The Kier molecular flexibility index (Phi) is 7.83. The normalized spacial score (nSPS) is 11.9. The molecule has 53 heavy (non-hydrogen) atoms. The molecule has 6 aromatic carbocycles. The second kappa shape index (κ2) is 12.6. The number of aromatic nitrogens is 4. The maximum atomic E-state index is 6.51. The fourth-order valence-corrected chi connectivity index (χ4v) is 7.21. The van der Waals surface area contributed by atoms with Gasteiger partial charge < -0.3 is 18.3 Å². The van der Waals surface area contributed by atoms with E-state index >= 15 is 0 Å². The zero-order valence-corrected chi connectivity index (χ0v) is 31.5. The standard InChI is InChI=1S/C46H32N4O2.Pt/c1-46(2,3)30-23-24-47-45(25-30)50-39-15-6-4-13-35(39)36-21-20-34(28-42(36)50)51-33-12-10-11-31(26-33)48-29-49(41-17-8-7-16-40(41)48)32-19-22-44-38(27-32)37-14-5-9-18-43(37)52-44;/h4-25,27H,1-3H3;/q-2;. The van der Waals surface area contributed by atoms with E-state index in [1.807, 2.05) is 71.4 Å². The van der Waals surface area contributed by atoms with Crippen LogP contribution in [0.5, 0.6) is 11.5 Å². The summed E-state index contributed by atoms with van der Waals surface area (Å²) in [6.45, 7) is 6.65. The van der Waals surface area contributed by atoms with E-state index in [4.69, 9.17) is 14.1 Å². The smallest absolute Gasteiger partial charge is 0.268 e. The molecule has 0 fully saturated rings. The van der Waals surface area contributed by atoms with Crippen molar-refractivity contribution >= 4 is 54.8 Å². The van der Waals surface area contributed by atoms with Gasteiger partial charge in [-0.1, -0.05) is 87.0 Å². The Bertz CT molecular complexity index is 3000. The molecule has 0 unspecified atom stereocenters. The number of furan rings is 1. The number of para-hydroxylation sites is 4. The first-order chi connectivity index (χ1) is 25.4. The zero-order chi connectivity index (χ0) is 35.0. The second-order valence-electron chi connectivity index (χ2n) is 14.1. The second-order valence-corrected chi connectivity index (χ2v) is 14.1. The molecule has 0 radical (unpaired) electrons. The average molecular weight is 868 g/mol. The summed E-state index contributed by atoms with van der Waals surface area (Å²) in [7, 11) is 0. The molecule has 0 saturated carbocycles. The summed E-state index contributed by atoms with van der Waals surface area (Å²) in [6, 6.07) is 52.4. The van der Waals surface area contributed by atoms with Gasteiger partial charge in [0.25, 0.3) is 6.33 Å². The van der Waals surface area contributed by atoms with Gasteiger partial charge in [0.1, 0.15) is 17.0 Å². The molecule has 0 N–H and O–H groups in total. The monoisotopic (exact) mass is 867 g/mol. The molecule has 4 aromatic heterocycles. The minimum absolute atomic E-state index is 0. The van der Waals surface area contributed by atoms with E-state index in [1.165, 1.54) is 5.56 Å². The summed E-state index contributed by atoms with van der Waals surface area (Å²) in [5.74, 6) is 2.02. The van der Waals surface area contributed by atoms with E-state index in [0.717, 1.165) is 72.0 Å². The molecule has 0 saturated heterocycles. The van der Waals surface area contributed by atoms with Crippen LogP contribution in [-0.4, -0.2) is 14.1 Å². The van der Waals surface area contributed by atoms with Crippen LogP contribution in [0.4, 0.5) is 0 Å². The van der Waals surface area contributed by atoms with Crippen LogP contribution in [0.1, 0.15) is 26.3 Å².